The van der Waals surface area contributed by atoms with Crippen LogP contribution in [-0.4, -0.2) is 55.8 Å². The topological polar surface area (TPSA) is 67.6 Å². The molecule has 0 unspecified atom stereocenters. The van der Waals surface area contributed by atoms with Crippen LogP contribution in [0.2, 0.25) is 18.1 Å². The molecule has 1 saturated carbocycles. The number of halogens is 3. The van der Waals surface area contributed by atoms with E-state index in [2.05, 4.69) is 48.6 Å². The standard InChI is InChI=1S/C28H36F3N3O4Si/c1-18-10-20(28(29,30)31)12-22(37-17-35-5)23(18)21-11-19-8-9-34(24(19)33-32-21)26-13-27(14-26,16-36-15-26)38-39(6,7)25(2,3)4/h8-12H,13-17H2,1-7H3. The zero-order chi connectivity index (χ0) is 28.4. The highest BCUT2D eigenvalue weighted by molar-refractivity contribution is 6.74. The van der Waals surface area contributed by atoms with E-state index in [0.717, 1.165) is 30.4 Å². The van der Waals surface area contributed by atoms with Gasteiger partial charge in [0.1, 0.15) is 5.75 Å². The first kappa shape index (κ1) is 28.1. The Morgan fingerprint density at radius 1 is 1.08 bits per heavy atom. The summed E-state index contributed by atoms with van der Waals surface area (Å²) in [6.45, 7) is 13.8. The first-order valence-corrected chi connectivity index (χ1v) is 16.0. The minimum Gasteiger partial charge on any atom is -0.467 e. The highest BCUT2D eigenvalue weighted by Gasteiger charge is 2.63. The van der Waals surface area contributed by atoms with Gasteiger partial charge >= 0.3 is 6.18 Å². The molecule has 39 heavy (non-hydrogen) atoms. The molecule has 3 aliphatic rings. The van der Waals surface area contributed by atoms with Gasteiger partial charge in [-0.05, 0) is 54.9 Å². The summed E-state index contributed by atoms with van der Waals surface area (Å²) in [6, 6.07) is 5.88. The zero-order valence-electron chi connectivity index (χ0n) is 23.5. The monoisotopic (exact) mass is 563 g/mol. The van der Waals surface area contributed by atoms with Crippen molar-refractivity contribution in [2.45, 2.75) is 76.0 Å². The van der Waals surface area contributed by atoms with Crippen molar-refractivity contribution in [3.05, 3.63) is 41.6 Å². The molecule has 2 aromatic heterocycles. The second-order valence-electron chi connectivity index (χ2n) is 12.5. The van der Waals surface area contributed by atoms with Gasteiger partial charge in [-0.3, -0.25) is 0 Å². The third-order valence-corrected chi connectivity index (χ3v) is 13.0. The number of ether oxygens (including phenoxy) is 3. The lowest BCUT2D eigenvalue weighted by molar-refractivity contribution is -0.218. The Balaban J connectivity index is 1.48. The molecular weight excluding hydrogens is 527 g/mol. The first-order valence-electron chi connectivity index (χ1n) is 13.1. The van der Waals surface area contributed by atoms with Crippen LogP contribution in [0.25, 0.3) is 22.3 Å². The summed E-state index contributed by atoms with van der Waals surface area (Å²) in [5, 5.41) is 9.93. The van der Waals surface area contributed by atoms with Gasteiger partial charge in [0.05, 0.1) is 35.6 Å². The van der Waals surface area contributed by atoms with Crippen molar-refractivity contribution in [2.24, 2.45) is 0 Å². The van der Waals surface area contributed by atoms with Gasteiger partial charge in [0.2, 0.25) is 0 Å². The summed E-state index contributed by atoms with van der Waals surface area (Å²) < 4.78 is 66.0. The minimum absolute atomic E-state index is 0.0445. The van der Waals surface area contributed by atoms with Crippen LogP contribution in [0, 0.1) is 6.92 Å². The van der Waals surface area contributed by atoms with E-state index >= 15 is 0 Å². The highest BCUT2D eigenvalue weighted by Crippen LogP contribution is 2.56. The minimum atomic E-state index is -4.50. The summed E-state index contributed by atoms with van der Waals surface area (Å²) in [7, 11) is -0.576. The van der Waals surface area contributed by atoms with E-state index in [1.165, 1.54) is 7.11 Å². The Hall–Kier alpha value is -2.47. The molecule has 7 nitrogen and oxygen atoms in total. The van der Waals surface area contributed by atoms with Crippen molar-refractivity contribution in [3.8, 4) is 17.0 Å². The molecule has 2 saturated heterocycles. The number of hydrogen-bond donors (Lipinski definition) is 0. The molecule has 0 spiro atoms. The van der Waals surface area contributed by atoms with Crippen LogP contribution in [0.1, 0.15) is 44.7 Å². The van der Waals surface area contributed by atoms with Crippen molar-refractivity contribution in [1.29, 1.82) is 0 Å². The van der Waals surface area contributed by atoms with Gasteiger partial charge in [-0.2, -0.15) is 13.2 Å². The largest absolute Gasteiger partial charge is 0.467 e. The number of methoxy groups -OCH3 is 1. The fourth-order valence-corrected chi connectivity index (χ4v) is 7.33. The summed E-state index contributed by atoms with van der Waals surface area (Å²) in [6.07, 6.45) is -0.829. The van der Waals surface area contributed by atoms with Crippen LogP contribution in [0.4, 0.5) is 13.2 Å². The van der Waals surface area contributed by atoms with E-state index in [4.69, 9.17) is 18.6 Å². The van der Waals surface area contributed by atoms with Crippen molar-refractivity contribution >= 4 is 19.4 Å². The molecule has 1 aromatic carbocycles. The van der Waals surface area contributed by atoms with E-state index < -0.39 is 20.1 Å². The SMILES string of the molecule is COCOc1cc(C(F)(F)F)cc(C)c1-c1cc2ccn(C34COCC(O[Si](C)(C)C(C)(C)C)(C3)C4)c2nn1. The second-order valence-corrected chi connectivity index (χ2v) is 17.2. The molecule has 0 N–H and O–H groups in total. The molecule has 0 amide bonds. The number of hydrogen-bond acceptors (Lipinski definition) is 6. The van der Waals surface area contributed by atoms with Crippen molar-refractivity contribution < 1.29 is 31.8 Å². The number of benzene rings is 1. The molecule has 11 heteroatoms. The summed E-state index contributed by atoms with van der Waals surface area (Å²) >= 11 is 0. The van der Waals surface area contributed by atoms with Gasteiger partial charge in [0.25, 0.3) is 0 Å². The lowest BCUT2D eigenvalue weighted by Crippen LogP contribution is -2.70. The number of nitrogens with zero attached hydrogens (tertiary/aromatic N) is 3. The summed E-state index contributed by atoms with van der Waals surface area (Å²) in [5.74, 6) is 0.0445. The normalized spacial score (nSPS) is 23.6. The quantitative estimate of drug-likeness (QED) is 0.236. The van der Waals surface area contributed by atoms with Crippen LogP contribution in [0.3, 0.4) is 0 Å². The predicted octanol–water partition coefficient (Wildman–Crippen LogP) is 6.69. The van der Waals surface area contributed by atoms with Gasteiger partial charge < -0.3 is 23.2 Å². The highest BCUT2D eigenvalue weighted by atomic mass is 28.4. The maximum Gasteiger partial charge on any atom is 0.416 e. The Labute approximate surface area is 227 Å². The van der Waals surface area contributed by atoms with E-state index in [1.807, 2.05) is 18.3 Å². The second kappa shape index (κ2) is 9.29. The van der Waals surface area contributed by atoms with Gasteiger partial charge in [-0.1, -0.05) is 20.8 Å². The molecular formula is C28H36F3N3O4Si. The first-order chi connectivity index (χ1) is 18.1. The van der Waals surface area contributed by atoms with Crippen LogP contribution < -0.4 is 4.74 Å². The van der Waals surface area contributed by atoms with Gasteiger partial charge in [0, 0.05) is 37.1 Å². The van der Waals surface area contributed by atoms with Crippen molar-refractivity contribution in [1.82, 2.24) is 14.8 Å². The van der Waals surface area contributed by atoms with Crippen molar-refractivity contribution in [2.75, 3.05) is 27.1 Å². The van der Waals surface area contributed by atoms with Crippen LogP contribution in [0.5, 0.6) is 5.75 Å². The third kappa shape index (κ3) is 4.87. The smallest absolute Gasteiger partial charge is 0.416 e. The summed E-state index contributed by atoms with van der Waals surface area (Å²) in [4.78, 5) is 0. The number of alkyl halides is 3. The lowest BCUT2D eigenvalue weighted by Gasteiger charge is -2.62. The summed E-state index contributed by atoms with van der Waals surface area (Å²) in [5.41, 5.74) is 0.612. The molecule has 0 radical (unpaired) electrons. The number of aryl methyl sites for hydroxylation is 1. The molecule has 1 aliphatic carbocycles. The van der Waals surface area contributed by atoms with Crippen LogP contribution in [-0.2, 0) is 25.6 Å². The average Bonchev–Trinajstić information content (AvgIpc) is 3.24. The Morgan fingerprint density at radius 2 is 1.79 bits per heavy atom. The zero-order valence-corrected chi connectivity index (χ0v) is 24.5. The molecule has 0 atom stereocenters. The van der Waals surface area contributed by atoms with E-state index in [9.17, 15) is 13.2 Å². The molecule has 6 rings (SSSR count). The molecule has 212 valence electrons. The van der Waals surface area contributed by atoms with Gasteiger partial charge in [-0.25, -0.2) is 0 Å². The third-order valence-electron chi connectivity index (χ3n) is 8.48. The lowest BCUT2D eigenvalue weighted by atomic mass is 9.63. The fraction of sp³-hybridized carbons (Fsp3) is 0.571. The number of fused-ring (bicyclic) bond motifs is 3. The maximum absolute atomic E-state index is 13.5. The molecule has 2 bridgehead atoms. The van der Waals surface area contributed by atoms with E-state index in [1.54, 1.807) is 6.92 Å². The van der Waals surface area contributed by atoms with E-state index in [0.29, 0.717) is 35.7 Å². The Bertz CT molecular complexity index is 1390. The van der Waals surface area contributed by atoms with Crippen LogP contribution >= 0.6 is 0 Å². The fourth-order valence-electron chi connectivity index (χ4n) is 5.74. The van der Waals surface area contributed by atoms with Gasteiger partial charge in [-0.15, -0.1) is 10.2 Å². The molecule has 4 heterocycles. The number of rotatable bonds is 7. The van der Waals surface area contributed by atoms with E-state index in [-0.39, 0.29) is 28.7 Å². The van der Waals surface area contributed by atoms with Crippen molar-refractivity contribution in [3.63, 3.8) is 0 Å². The predicted molar refractivity (Wildman–Crippen MR) is 144 cm³/mol. The van der Waals surface area contributed by atoms with Gasteiger partial charge in [0.15, 0.2) is 20.8 Å². The average molecular weight is 564 g/mol. The molecule has 2 aliphatic heterocycles. The Morgan fingerprint density at radius 3 is 2.44 bits per heavy atom. The maximum atomic E-state index is 13.5. The van der Waals surface area contributed by atoms with Crippen LogP contribution in [0.15, 0.2) is 30.5 Å². The molecule has 3 aromatic rings. The molecule has 3 fully saturated rings. The Kier molecular flexibility index (Phi) is 6.68. The number of aromatic nitrogens is 3.